The summed E-state index contributed by atoms with van der Waals surface area (Å²) in [6.45, 7) is 5.65. The van der Waals surface area contributed by atoms with Crippen molar-refractivity contribution < 1.29 is 14.5 Å². The Morgan fingerprint density at radius 3 is 2.78 bits per heavy atom. The number of rotatable bonds is 4. The van der Waals surface area contributed by atoms with Gasteiger partial charge >= 0.3 is 11.8 Å². The first-order chi connectivity index (χ1) is 10.7. The molecule has 0 fully saturated rings. The van der Waals surface area contributed by atoms with Crippen LogP contribution in [-0.4, -0.2) is 26.4 Å². The van der Waals surface area contributed by atoms with E-state index in [2.05, 4.69) is 10.4 Å². The molecular formula is C15H18N4O4. The zero-order valence-electron chi connectivity index (χ0n) is 13.1. The molecule has 122 valence electrons. The van der Waals surface area contributed by atoms with Gasteiger partial charge in [0.05, 0.1) is 10.6 Å². The van der Waals surface area contributed by atoms with Crippen LogP contribution in [0.1, 0.15) is 26.3 Å². The van der Waals surface area contributed by atoms with Crippen LogP contribution in [0.5, 0.6) is 0 Å². The molecule has 2 aromatic rings. The van der Waals surface area contributed by atoms with Gasteiger partial charge in [-0.2, -0.15) is 5.10 Å². The zero-order valence-corrected chi connectivity index (χ0v) is 13.1. The van der Waals surface area contributed by atoms with Crippen molar-refractivity contribution in [2.75, 3.05) is 0 Å². The number of nitrogens with zero attached hydrogens (tertiary/aromatic N) is 3. The standard InChI is InChI=1S/C15H18N4O4/c1-15(2,3)23-14(20)16-8-11-5-4-6-12(7-11)18-10-13(9-17-18)19(21)22/h4-7,9-10H,8H2,1-3H3,(H,16,20). The third-order valence-electron chi connectivity index (χ3n) is 2.79. The average molecular weight is 318 g/mol. The topological polar surface area (TPSA) is 99.3 Å². The molecule has 0 saturated carbocycles. The van der Waals surface area contributed by atoms with Crippen molar-refractivity contribution in [2.45, 2.75) is 32.9 Å². The number of ether oxygens (including phenoxy) is 1. The number of benzene rings is 1. The summed E-state index contributed by atoms with van der Waals surface area (Å²) in [7, 11) is 0. The molecule has 1 N–H and O–H groups in total. The number of amides is 1. The van der Waals surface area contributed by atoms with Gasteiger partial charge in [0, 0.05) is 6.54 Å². The molecule has 0 radical (unpaired) electrons. The molecule has 1 heterocycles. The Morgan fingerprint density at radius 1 is 1.43 bits per heavy atom. The maximum Gasteiger partial charge on any atom is 0.407 e. The maximum atomic E-state index is 11.6. The highest BCUT2D eigenvalue weighted by Gasteiger charge is 2.16. The SMILES string of the molecule is CC(C)(C)OC(=O)NCc1cccc(-n2cc([N+](=O)[O-])cn2)c1. The zero-order chi connectivity index (χ0) is 17.0. The molecule has 0 aliphatic heterocycles. The Kier molecular flexibility index (Phi) is 4.63. The molecule has 8 nitrogen and oxygen atoms in total. The number of nitro groups is 1. The molecular weight excluding hydrogens is 300 g/mol. The van der Waals surface area contributed by atoms with Gasteiger partial charge in [-0.15, -0.1) is 0 Å². The second-order valence-corrected chi connectivity index (χ2v) is 5.93. The van der Waals surface area contributed by atoms with Gasteiger partial charge in [-0.05, 0) is 38.5 Å². The van der Waals surface area contributed by atoms with E-state index >= 15 is 0 Å². The summed E-state index contributed by atoms with van der Waals surface area (Å²) in [4.78, 5) is 21.8. The molecule has 1 aromatic heterocycles. The minimum Gasteiger partial charge on any atom is -0.444 e. The highest BCUT2D eigenvalue weighted by molar-refractivity contribution is 5.67. The Bertz CT molecular complexity index is 718. The highest BCUT2D eigenvalue weighted by Crippen LogP contribution is 2.15. The van der Waals surface area contributed by atoms with Crippen LogP contribution < -0.4 is 5.32 Å². The largest absolute Gasteiger partial charge is 0.444 e. The van der Waals surface area contributed by atoms with Gasteiger partial charge in [0.25, 0.3) is 0 Å². The van der Waals surface area contributed by atoms with Crippen LogP contribution in [-0.2, 0) is 11.3 Å². The van der Waals surface area contributed by atoms with E-state index in [0.29, 0.717) is 5.69 Å². The van der Waals surface area contributed by atoms with Crippen LogP contribution in [0.2, 0.25) is 0 Å². The van der Waals surface area contributed by atoms with E-state index in [9.17, 15) is 14.9 Å². The lowest BCUT2D eigenvalue weighted by Gasteiger charge is -2.19. The van der Waals surface area contributed by atoms with Crippen LogP contribution in [0.4, 0.5) is 10.5 Å². The summed E-state index contributed by atoms with van der Waals surface area (Å²) in [5, 5.41) is 17.3. The molecule has 0 spiro atoms. The Labute approximate surface area is 133 Å². The lowest BCUT2D eigenvalue weighted by molar-refractivity contribution is -0.384. The third-order valence-corrected chi connectivity index (χ3v) is 2.79. The quantitative estimate of drug-likeness (QED) is 0.690. The number of alkyl carbamates (subject to hydrolysis) is 1. The van der Waals surface area contributed by atoms with Crippen LogP contribution >= 0.6 is 0 Å². The van der Waals surface area contributed by atoms with Gasteiger partial charge in [-0.3, -0.25) is 10.1 Å². The molecule has 8 heteroatoms. The fourth-order valence-corrected chi connectivity index (χ4v) is 1.85. The van der Waals surface area contributed by atoms with E-state index in [1.165, 1.54) is 17.1 Å². The summed E-state index contributed by atoms with van der Waals surface area (Å²) in [6, 6.07) is 7.18. The number of hydrogen-bond acceptors (Lipinski definition) is 5. The van der Waals surface area contributed by atoms with Crippen molar-refractivity contribution in [3.05, 3.63) is 52.3 Å². The van der Waals surface area contributed by atoms with Crippen molar-refractivity contribution in [2.24, 2.45) is 0 Å². The van der Waals surface area contributed by atoms with Crippen molar-refractivity contribution in [1.82, 2.24) is 15.1 Å². The first-order valence-electron chi connectivity index (χ1n) is 7.00. The van der Waals surface area contributed by atoms with E-state index in [0.717, 1.165) is 5.56 Å². The highest BCUT2D eigenvalue weighted by atomic mass is 16.6. The van der Waals surface area contributed by atoms with Crippen molar-refractivity contribution in [1.29, 1.82) is 0 Å². The lowest BCUT2D eigenvalue weighted by atomic mass is 10.2. The van der Waals surface area contributed by atoms with Crippen LogP contribution in [0.25, 0.3) is 5.69 Å². The van der Waals surface area contributed by atoms with Gasteiger partial charge < -0.3 is 10.1 Å². The summed E-state index contributed by atoms with van der Waals surface area (Å²) in [5.74, 6) is 0. The lowest BCUT2D eigenvalue weighted by Crippen LogP contribution is -2.32. The van der Waals surface area contributed by atoms with Crippen molar-refractivity contribution in [3.63, 3.8) is 0 Å². The molecule has 1 amide bonds. The minimum atomic E-state index is -0.556. The van der Waals surface area contributed by atoms with Crippen LogP contribution in [0.15, 0.2) is 36.7 Å². The Morgan fingerprint density at radius 2 is 2.17 bits per heavy atom. The molecule has 0 saturated heterocycles. The minimum absolute atomic E-state index is 0.0812. The third kappa shape index (κ3) is 4.80. The van der Waals surface area contributed by atoms with Gasteiger partial charge in [0.2, 0.25) is 0 Å². The van der Waals surface area contributed by atoms with Crippen LogP contribution in [0, 0.1) is 10.1 Å². The van der Waals surface area contributed by atoms with Gasteiger partial charge in [-0.1, -0.05) is 12.1 Å². The maximum absolute atomic E-state index is 11.6. The second kappa shape index (κ2) is 6.47. The summed E-state index contributed by atoms with van der Waals surface area (Å²) < 4.78 is 6.57. The molecule has 0 aliphatic carbocycles. The summed E-state index contributed by atoms with van der Waals surface area (Å²) in [6.07, 6.45) is 2.02. The number of nitrogens with one attached hydrogen (secondary N) is 1. The van der Waals surface area contributed by atoms with E-state index in [4.69, 9.17) is 4.74 Å². The van der Waals surface area contributed by atoms with Crippen molar-refractivity contribution >= 4 is 11.8 Å². The fourth-order valence-electron chi connectivity index (χ4n) is 1.85. The molecule has 23 heavy (non-hydrogen) atoms. The molecule has 0 bridgehead atoms. The summed E-state index contributed by atoms with van der Waals surface area (Å²) >= 11 is 0. The Balaban J connectivity index is 2.05. The molecule has 2 rings (SSSR count). The normalized spacial score (nSPS) is 11.1. The number of carbonyl (C=O) groups excluding carboxylic acids is 1. The predicted octanol–water partition coefficient (Wildman–Crippen LogP) is 2.81. The first-order valence-corrected chi connectivity index (χ1v) is 7.00. The smallest absolute Gasteiger partial charge is 0.407 e. The molecule has 1 aromatic carbocycles. The van der Waals surface area contributed by atoms with E-state index in [1.807, 2.05) is 6.07 Å². The van der Waals surface area contributed by atoms with E-state index in [-0.39, 0.29) is 12.2 Å². The van der Waals surface area contributed by atoms with Crippen molar-refractivity contribution in [3.8, 4) is 5.69 Å². The number of carbonyl (C=O) groups is 1. The predicted molar refractivity (Wildman–Crippen MR) is 83.3 cm³/mol. The molecule has 0 unspecified atom stereocenters. The number of hydrogen-bond donors (Lipinski definition) is 1. The fraction of sp³-hybridized carbons (Fsp3) is 0.333. The van der Waals surface area contributed by atoms with Gasteiger partial charge in [-0.25, -0.2) is 9.48 Å². The monoisotopic (exact) mass is 318 g/mol. The van der Waals surface area contributed by atoms with E-state index < -0.39 is 16.6 Å². The van der Waals surface area contributed by atoms with E-state index in [1.54, 1.807) is 39.0 Å². The van der Waals surface area contributed by atoms with Gasteiger partial charge in [0.15, 0.2) is 0 Å². The first kappa shape index (κ1) is 16.5. The van der Waals surface area contributed by atoms with Gasteiger partial charge in [0.1, 0.15) is 18.0 Å². The number of aromatic nitrogens is 2. The second-order valence-electron chi connectivity index (χ2n) is 5.93. The summed E-state index contributed by atoms with van der Waals surface area (Å²) in [5.41, 5.74) is 0.857. The Hall–Kier alpha value is -2.90. The molecule has 0 atom stereocenters. The average Bonchev–Trinajstić information content (AvgIpc) is 2.94. The molecule has 0 aliphatic rings. The van der Waals surface area contributed by atoms with Crippen LogP contribution in [0.3, 0.4) is 0 Å².